The number of carbonyl (C=O) groups is 2. The van der Waals surface area contributed by atoms with E-state index in [2.05, 4.69) is 6.58 Å². The van der Waals surface area contributed by atoms with Crippen molar-refractivity contribution in [2.75, 3.05) is 0 Å². The van der Waals surface area contributed by atoms with Crippen LogP contribution >= 0.6 is 0 Å². The molecule has 1 fully saturated rings. The molecule has 1 aliphatic rings. The molecule has 2 atom stereocenters. The van der Waals surface area contributed by atoms with Gasteiger partial charge in [-0.05, 0) is 60.8 Å². The fourth-order valence-corrected chi connectivity index (χ4v) is 2.50. The highest BCUT2D eigenvalue weighted by Gasteiger charge is 2.43. The van der Waals surface area contributed by atoms with Crippen molar-refractivity contribution in [1.29, 1.82) is 0 Å². The third kappa shape index (κ3) is 5.35. The van der Waals surface area contributed by atoms with Crippen LogP contribution in [-0.2, 0) is 14.3 Å². The van der Waals surface area contributed by atoms with E-state index in [9.17, 15) is 9.59 Å². The molecule has 1 aliphatic heterocycles. The molecular weight excluding hydrogens is 282 g/mol. The van der Waals surface area contributed by atoms with Crippen LogP contribution in [0.1, 0.15) is 60.8 Å². The van der Waals surface area contributed by atoms with Gasteiger partial charge < -0.3 is 9.47 Å². The first-order valence-corrected chi connectivity index (χ1v) is 7.79. The van der Waals surface area contributed by atoms with Crippen LogP contribution in [0, 0.1) is 0 Å². The second-order valence-electron chi connectivity index (χ2n) is 7.69. The van der Waals surface area contributed by atoms with Crippen molar-refractivity contribution in [2.45, 2.75) is 84.1 Å². The second-order valence-corrected chi connectivity index (χ2v) is 7.69. The number of nitrogens with zero attached hydrogens (tertiary/aromatic N) is 1. The molecule has 5 heteroatoms. The zero-order valence-corrected chi connectivity index (χ0v) is 14.6. The predicted molar refractivity (Wildman–Crippen MR) is 85.5 cm³/mol. The molecule has 0 spiro atoms. The molecule has 1 rings (SSSR count). The van der Waals surface area contributed by atoms with Crippen LogP contribution in [0.5, 0.6) is 0 Å². The van der Waals surface area contributed by atoms with Crippen LogP contribution in [0.3, 0.4) is 0 Å². The molecule has 0 aromatic rings. The molecule has 0 aromatic heterocycles. The van der Waals surface area contributed by atoms with Crippen molar-refractivity contribution < 1.29 is 19.1 Å². The van der Waals surface area contributed by atoms with Crippen molar-refractivity contribution in [1.82, 2.24) is 4.90 Å². The maximum Gasteiger partial charge on any atom is 0.411 e. The number of likely N-dealkylation sites (tertiary alicyclic amines) is 1. The maximum absolute atomic E-state index is 12.5. The Morgan fingerprint density at radius 2 is 1.64 bits per heavy atom. The molecule has 1 heterocycles. The van der Waals surface area contributed by atoms with E-state index >= 15 is 0 Å². The van der Waals surface area contributed by atoms with Gasteiger partial charge >= 0.3 is 12.1 Å². The first-order chi connectivity index (χ1) is 9.94. The van der Waals surface area contributed by atoms with Crippen molar-refractivity contribution in [3.63, 3.8) is 0 Å². The van der Waals surface area contributed by atoms with Gasteiger partial charge in [-0.1, -0.05) is 6.08 Å². The molecule has 0 aromatic carbocycles. The summed E-state index contributed by atoms with van der Waals surface area (Å²) in [6.07, 6.45) is 3.27. The monoisotopic (exact) mass is 311 g/mol. The third-order valence-electron chi connectivity index (χ3n) is 3.22. The molecule has 22 heavy (non-hydrogen) atoms. The second kappa shape index (κ2) is 6.71. The van der Waals surface area contributed by atoms with E-state index in [-0.39, 0.29) is 12.0 Å². The molecule has 0 saturated carbocycles. The first-order valence-electron chi connectivity index (χ1n) is 7.79. The van der Waals surface area contributed by atoms with Crippen molar-refractivity contribution in [3.8, 4) is 0 Å². The molecule has 0 N–H and O–H groups in total. The van der Waals surface area contributed by atoms with Gasteiger partial charge in [0, 0.05) is 6.04 Å². The summed E-state index contributed by atoms with van der Waals surface area (Å²) in [6.45, 7) is 14.6. The maximum atomic E-state index is 12.5. The summed E-state index contributed by atoms with van der Waals surface area (Å²) >= 11 is 0. The normalized spacial score (nSPS) is 22.4. The van der Waals surface area contributed by atoms with Crippen LogP contribution < -0.4 is 0 Å². The molecule has 1 saturated heterocycles. The molecule has 0 bridgehead atoms. The molecule has 5 nitrogen and oxygen atoms in total. The highest BCUT2D eigenvalue weighted by molar-refractivity contribution is 5.82. The lowest BCUT2D eigenvalue weighted by molar-refractivity contribution is -0.160. The van der Waals surface area contributed by atoms with Crippen LogP contribution in [-0.4, -0.2) is 40.2 Å². The van der Waals surface area contributed by atoms with E-state index in [1.807, 2.05) is 41.5 Å². The van der Waals surface area contributed by atoms with Gasteiger partial charge in [0.2, 0.25) is 0 Å². The van der Waals surface area contributed by atoms with Crippen LogP contribution in [0.25, 0.3) is 0 Å². The predicted octanol–water partition coefficient (Wildman–Crippen LogP) is 3.67. The summed E-state index contributed by atoms with van der Waals surface area (Å²) in [5.74, 6) is -0.370. The van der Waals surface area contributed by atoms with Gasteiger partial charge in [0.25, 0.3) is 0 Å². The summed E-state index contributed by atoms with van der Waals surface area (Å²) in [4.78, 5) is 26.4. The summed E-state index contributed by atoms with van der Waals surface area (Å²) in [6, 6.07) is -0.649. The third-order valence-corrected chi connectivity index (χ3v) is 3.22. The molecule has 0 aliphatic carbocycles. The highest BCUT2D eigenvalue weighted by atomic mass is 16.6. The van der Waals surface area contributed by atoms with Crippen LogP contribution in [0.4, 0.5) is 4.79 Å². The highest BCUT2D eigenvalue weighted by Crippen LogP contribution is 2.30. The zero-order valence-electron chi connectivity index (χ0n) is 14.6. The summed E-state index contributed by atoms with van der Waals surface area (Å²) in [5, 5.41) is 0. The van der Waals surface area contributed by atoms with E-state index in [1.165, 1.54) is 4.90 Å². The summed E-state index contributed by atoms with van der Waals surface area (Å²) in [5.41, 5.74) is -1.18. The Balaban J connectivity index is 2.93. The number of rotatable bonds is 3. The average Bonchev–Trinajstić information content (AvgIpc) is 2.68. The van der Waals surface area contributed by atoms with Gasteiger partial charge in [-0.25, -0.2) is 9.59 Å². The Bertz CT molecular complexity index is 431. The van der Waals surface area contributed by atoms with Crippen molar-refractivity contribution >= 4 is 12.1 Å². The number of amides is 1. The van der Waals surface area contributed by atoms with Crippen LogP contribution in [0.15, 0.2) is 12.7 Å². The number of hydrogen-bond acceptors (Lipinski definition) is 4. The molecule has 126 valence electrons. The number of ether oxygens (including phenoxy) is 2. The van der Waals surface area contributed by atoms with Gasteiger partial charge in [-0.15, -0.1) is 6.58 Å². The number of carbonyl (C=O) groups excluding carboxylic acids is 2. The van der Waals surface area contributed by atoms with E-state index in [0.29, 0.717) is 12.8 Å². The minimum atomic E-state index is -0.600. The Morgan fingerprint density at radius 3 is 2.09 bits per heavy atom. The lowest BCUT2D eigenvalue weighted by atomic mass is 10.1. The Hall–Kier alpha value is -1.52. The van der Waals surface area contributed by atoms with Gasteiger partial charge in [0.1, 0.15) is 17.2 Å². The van der Waals surface area contributed by atoms with Gasteiger partial charge in [-0.3, -0.25) is 4.90 Å². The zero-order chi connectivity index (χ0) is 17.1. The van der Waals surface area contributed by atoms with Gasteiger partial charge in [0.05, 0.1) is 0 Å². The fraction of sp³-hybridized carbons (Fsp3) is 0.765. The minimum Gasteiger partial charge on any atom is -0.458 e. The van der Waals surface area contributed by atoms with Gasteiger partial charge in [-0.2, -0.15) is 0 Å². The summed E-state index contributed by atoms with van der Waals surface area (Å²) in [7, 11) is 0. The average molecular weight is 311 g/mol. The quantitative estimate of drug-likeness (QED) is 0.589. The fourth-order valence-electron chi connectivity index (χ4n) is 2.50. The molecule has 1 amide bonds. The smallest absolute Gasteiger partial charge is 0.411 e. The van der Waals surface area contributed by atoms with E-state index in [0.717, 1.165) is 6.42 Å². The minimum absolute atomic E-state index is 0.0649. The lowest BCUT2D eigenvalue weighted by Gasteiger charge is -2.32. The van der Waals surface area contributed by atoms with Crippen molar-refractivity contribution in [3.05, 3.63) is 12.7 Å². The Labute approximate surface area is 133 Å². The topological polar surface area (TPSA) is 55.8 Å². The van der Waals surface area contributed by atoms with Crippen LogP contribution in [0.2, 0.25) is 0 Å². The summed E-state index contributed by atoms with van der Waals surface area (Å²) < 4.78 is 10.9. The van der Waals surface area contributed by atoms with Crippen molar-refractivity contribution in [2.24, 2.45) is 0 Å². The Morgan fingerprint density at radius 1 is 1.09 bits per heavy atom. The largest absolute Gasteiger partial charge is 0.458 e. The Kier molecular flexibility index (Phi) is 5.65. The molecule has 1 unspecified atom stereocenters. The van der Waals surface area contributed by atoms with E-state index in [4.69, 9.17) is 9.47 Å². The first kappa shape index (κ1) is 18.5. The van der Waals surface area contributed by atoms with E-state index in [1.54, 1.807) is 6.08 Å². The van der Waals surface area contributed by atoms with E-state index < -0.39 is 23.3 Å². The van der Waals surface area contributed by atoms with Gasteiger partial charge in [0.15, 0.2) is 0 Å². The SMILES string of the molecule is C=CCC1CC[C@@H](C(=O)OC(C)(C)C)N1C(=O)OC(C)(C)C. The molecular formula is C17H29NO4. The number of esters is 1. The standard InChI is InChI=1S/C17H29NO4/c1-8-9-12-10-11-13(14(19)21-16(2,3)4)18(12)15(20)22-17(5,6)7/h8,12-13H,1,9-11H2,2-7H3/t12?,13-/m0/s1. The number of hydrogen-bond donors (Lipinski definition) is 0. The molecule has 0 radical (unpaired) electrons. The lowest BCUT2D eigenvalue weighted by Crippen LogP contribution is -2.48.